The largest absolute Gasteiger partial charge is 0.416 e. The lowest BCUT2D eigenvalue weighted by Gasteiger charge is -2.14. The minimum absolute atomic E-state index is 0.0241. The number of hydrogen-bond donors (Lipinski definition) is 3. The molecule has 10 nitrogen and oxygen atoms in total. The molecule has 1 aromatic carbocycles. The summed E-state index contributed by atoms with van der Waals surface area (Å²) >= 11 is 0. The standard InChI is InChI=1S/C21H17F3N10/c1-12-10-34(11-27-12)16-7-13(21(22,23)24)6-15(8-16)29-20-31-18(25)30-19(32-20)28-14-2-4-33-5-3-26-17(33)9-14/h2-11H,1H3,(H4,25,28,29,30,31,32). The average Bonchev–Trinajstić information content (AvgIpc) is 3.41. The molecule has 0 aliphatic carbocycles. The van der Waals surface area contributed by atoms with Gasteiger partial charge >= 0.3 is 6.18 Å². The molecule has 0 aliphatic heterocycles. The van der Waals surface area contributed by atoms with Crippen LogP contribution in [0.2, 0.25) is 0 Å². The summed E-state index contributed by atoms with van der Waals surface area (Å²) in [7, 11) is 0. The zero-order chi connectivity index (χ0) is 23.9. The first kappa shape index (κ1) is 21.2. The molecule has 4 N–H and O–H groups in total. The molecule has 0 amide bonds. The van der Waals surface area contributed by atoms with E-state index in [1.54, 1.807) is 43.8 Å². The number of aromatic nitrogens is 7. The fourth-order valence-corrected chi connectivity index (χ4v) is 3.31. The lowest BCUT2D eigenvalue weighted by molar-refractivity contribution is -0.137. The van der Waals surface area contributed by atoms with E-state index in [9.17, 15) is 13.2 Å². The van der Waals surface area contributed by atoms with Crippen LogP contribution in [-0.2, 0) is 6.18 Å². The van der Waals surface area contributed by atoms with Crippen LogP contribution >= 0.6 is 0 Å². The first-order valence-electron chi connectivity index (χ1n) is 9.94. The Morgan fingerprint density at radius 2 is 1.68 bits per heavy atom. The molecule has 5 rings (SSSR count). The van der Waals surface area contributed by atoms with Crippen LogP contribution in [0.5, 0.6) is 0 Å². The van der Waals surface area contributed by atoms with E-state index in [-0.39, 0.29) is 29.2 Å². The number of imidazole rings is 2. The van der Waals surface area contributed by atoms with Crippen LogP contribution < -0.4 is 16.4 Å². The van der Waals surface area contributed by atoms with Crippen molar-refractivity contribution >= 4 is 34.9 Å². The van der Waals surface area contributed by atoms with Gasteiger partial charge in [0.1, 0.15) is 5.65 Å². The molecule has 0 spiro atoms. The summed E-state index contributed by atoms with van der Waals surface area (Å²) < 4.78 is 43.9. The normalized spacial score (nSPS) is 11.6. The van der Waals surface area contributed by atoms with E-state index >= 15 is 0 Å². The summed E-state index contributed by atoms with van der Waals surface area (Å²) in [5.74, 6) is -0.0216. The Kier molecular flexibility index (Phi) is 5.00. The number of rotatable bonds is 5. The number of nitrogens with one attached hydrogen (secondary N) is 2. The van der Waals surface area contributed by atoms with Crippen molar-refractivity contribution < 1.29 is 13.2 Å². The Bertz CT molecular complexity index is 1490. The van der Waals surface area contributed by atoms with Gasteiger partial charge in [0, 0.05) is 47.9 Å². The van der Waals surface area contributed by atoms with E-state index < -0.39 is 11.7 Å². The van der Waals surface area contributed by atoms with Gasteiger partial charge in [-0.15, -0.1) is 0 Å². The van der Waals surface area contributed by atoms with Crippen LogP contribution in [0.1, 0.15) is 11.3 Å². The SMILES string of the molecule is Cc1cn(-c2cc(Nc3nc(N)nc(Nc4ccn5ccnc5c4)n3)cc(C(F)(F)F)c2)cn1. The first-order chi connectivity index (χ1) is 16.2. The summed E-state index contributed by atoms with van der Waals surface area (Å²) in [5, 5.41) is 5.79. The molecule has 0 saturated carbocycles. The van der Waals surface area contributed by atoms with E-state index in [2.05, 4.69) is 35.6 Å². The van der Waals surface area contributed by atoms with E-state index in [1.807, 2.05) is 4.40 Å². The van der Waals surface area contributed by atoms with Crippen LogP contribution in [0.15, 0.2) is 61.4 Å². The number of nitrogen functional groups attached to an aromatic ring is 1. The van der Waals surface area contributed by atoms with Crippen LogP contribution in [0.25, 0.3) is 11.3 Å². The van der Waals surface area contributed by atoms with Crippen molar-refractivity contribution in [1.82, 2.24) is 33.9 Å². The number of hydrogen-bond acceptors (Lipinski definition) is 8. The third-order valence-corrected chi connectivity index (χ3v) is 4.82. The van der Waals surface area contributed by atoms with Gasteiger partial charge in [-0.25, -0.2) is 9.97 Å². The van der Waals surface area contributed by atoms with Gasteiger partial charge in [-0.3, -0.25) is 0 Å². The Morgan fingerprint density at radius 3 is 2.38 bits per heavy atom. The van der Waals surface area contributed by atoms with Gasteiger partial charge in [-0.1, -0.05) is 0 Å². The minimum Gasteiger partial charge on any atom is -0.368 e. The van der Waals surface area contributed by atoms with Gasteiger partial charge in [0.05, 0.1) is 17.6 Å². The Morgan fingerprint density at radius 1 is 0.912 bits per heavy atom. The van der Waals surface area contributed by atoms with Gasteiger partial charge in [0.25, 0.3) is 0 Å². The van der Waals surface area contributed by atoms with Crippen molar-refractivity contribution in [3.05, 3.63) is 72.7 Å². The quantitative estimate of drug-likeness (QED) is 0.354. The minimum atomic E-state index is -4.56. The highest BCUT2D eigenvalue weighted by Crippen LogP contribution is 2.33. The molecule has 13 heteroatoms. The summed E-state index contributed by atoms with van der Waals surface area (Å²) in [5.41, 5.74) is 7.38. The molecule has 0 unspecified atom stereocenters. The molecular weight excluding hydrogens is 449 g/mol. The molecule has 0 saturated heterocycles. The van der Waals surface area contributed by atoms with Crippen molar-refractivity contribution in [2.45, 2.75) is 13.1 Å². The van der Waals surface area contributed by atoms with Crippen molar-refractivity contribution in [2.24, 2.45) is 0 Å². The molecule has 172 valence electrons. The van der Waals surface area contributed by atoms with Gasteiger partial charge in [-0.05, 0) is 31.2 Å². The summed E-state index contributed by atoms with van der Waals surface area (Å²) in [6.45, 7) is 1.75. The van der Waals surface area contributed by atoms with E-state index in [4.69, 9.17) is 5.73 Å². The average molecular weight is 466 g/mol. The third kappa shape index (κ3) is 4.44. The van der Waals surface area contributed by atoms with Gasteiger partial charge in [0.15, 0.2) is 0 Å². The molecule has 4 aromatic heterocycles. The molecule has 5 aromatic rings. The number of anilines is 5. The van der Waals surface area contributed by atoms with Crippen LogP contribution in [-0.4, -0.2) is 33.9 Å². The molecule has 0 aliphatic rings. The second-order valence-corrected chi connectivity index (χ2v) is 7.39. The predicted molar refractivity (Wildman–Crippen MR) is 119 cm³/mol. The number of pyridine rings is 1. The zero-order valence-corrected chi connectivity index (χ0v) is 17.6. The zero-order valence-electron chi connectivity index (χ0n) is 17.6. The fraction of sp³-hybridized carbons (Fsp3) is 0.0952. The second kappa shape index (κ2) is 8.03. The van der Waals surface area contributed by atoms with E-state index in [0.29, 0.717) is 17.0 Å². The van der Waals surface area contributed by atoms with Crippen LogP contribution in [0.4, 0.5) is 42.4 Å². The summed E-state index contributed by atoms with van der Waals surface area (Å²) in [6.07, 6.45) is 3.77. The van der Waals surface area contributed by atoms with Crippen molar-refractivity contribution in [2.75, 3.05) is 16.4 Å². The number of nitrogens with zero attached hydrogens (tertiary/aromatic N) is 7. The number of nitrogens with two attached hydrogens (primary N) is 1. The maximum Gasteiger partial charge on any atom is 0.416 e. The maximum absolute atomic E-state index is 13.5. The molecule has 0 fully saturated rings. The van der Waals surface area contributed by atoms with Gasteiger partial charge < -0.3 is 25.3 Å². The molecule has 34 heavy (non-hydrogen) atoms. The monoisotopic (exact) mass is 466 g/mol. The molecule has 4 heterocycles. The van der Waals surface area contributed by atoms with Gasteiger partial charge in [0.2, 0.25) is 17.8 Å². The maximum atomic E-state index is 13.5. The predicted octanol–water partition coefficient (Wildman–Crippen LogP) is 4.10. The molecule has 0 radical (unpaired) electrons. The molecular formula is C21H17F3N10. The number of alkyl halides is 3. The lowest BCUT2D eigenvalue weighted by atomic mass is 10.1. The number of benzene rings is 1. The highest BCUT2D eigenvalue weighted by Gasteiger charge is 2.31. The van der Waals surface area contributed by atoms with Crippen LogP contribution in [0.3, 0.4) is 0 Å². The number of fused-ring (bicyclic) bond motifs is 1. The molecule has 0 bridgehead atoms. The van der Waals surface area contributed by atoms with Gasteiger partial charge in [-0.2, -0.15) is 28.1 Å². The van der Waals surface area contributed by atoms with Crippen LogP contribution in [0, 0.1) is 6.92 Å². The smallest absolute Gasteiger partial charge is 0.368 e. The lowest BCUT2D eigenvalue weighted by Crippen LogP contribution is -2.09. The Hall–Kier alpha value is -4.68. The Labute approximate surface area is 190 Å². The van der Waals surface area contributed by atoms with E-state index in [1.165, 1.54) is 17.0 Å². The summed E-state index contributed by atoms with van der Waals surface area (Å²) in [6, 6.07) is 7.09. The third-order valence-electron chi connectivity index (χ3n) is 4.82. The number of aryl methyl sites for hydroxylation is 1. The second-order valence-electron chi connectivity index (χ2n) is 7.39. The highest BCUT2D eigenvalue weighted by atomic mass is 19.4. The highest BCUT2D eigenvalue weighted by molar-refractivity contribution is 5.63. The molecule has 0 atom stereocenters. The first-order valence-corrected chi connectivity index (χ1v) is 9.94. The van der Waals surface area contributed by atoms with Crippen molar-refractivity contribution in [3.63, 3.8) is 0 Å². The van der Waals surface area contributed by atoms with Crippen molar-refractivity contribution in [3.8, 4) is 5.69 Å². The fourth-order valence-electron chi connectivity index (χ4n) is 3.31. The summed E-state index contributed by atoms with van der Waals surface area (Å²) in [4.78, 5) is 20.6. The van der Waals surface area contributed by atoms with E-state index in [0.717, 1.165) is 12.1 Å². The Balaban J connectivity index is 1.47. The number of halogens is 3. The topological polar surface area (TPSA) is 124 Å². The van der Waals surface area contributed by atoms with Crippen molar-refractivity contribution in [1.29, 1.82) is 0 Å².